The first kappa shape index (κ1) is 12.5. The highest BCUT2D eigenvalue weighted by Crippen LogP contribution is 2.38. The van der Waals surface area contributed by atoms with Gasteiger partial charge in [-0.2, -0.15) is 0 Å². The molecule has 15 heavy (non-hydrogen) atoms. The van der Waals surface area contributed by atoms with Crippen molar-refractivity contribution in [3.8, 4) is 0 Å². The number of aliphatic carboxylic acids is 1. The van der Waals surface area contributed by atoms with E-state index in [9.17, 15) is 4.79 Å². The summed E-state index contributed by atoms with van der Waals surface area (Å²) in [5.41, 5.74) is 5.58. The fourth-order valence-corrected chi connectivity index (χ4v) is 2.42. The van der Waals surface area contributed by atoms with Crippen LogP contribution in [0.5, 0.6) is 0 Å². The van der Waals surface area contributed by atoms with E-state index in [-0.39, 0.29) is 17.8 Å². The average Bonchev–Trinajstić information content (AvgIpc) is 2.57. The first-order chi connectivity index (χ1) is 7.04. The molecular weight excluding hydrogens is 197 g/mol. The largest absolute Gasteiger partial charge is 0.481 e. The minimum absolute atomic E-state index is 0.213. The third-order valence-electron chi connectivity index (χ3n) is 3.29. The Balaban J connectivity index is 2.45. The van der Waals surface area contributed by atoms with E-state index < -0.39 is 13.1 Å². The molecule has 0 radical (unpaired) electrons. The number of hydrogen-bond acceptors (Lipinski definition) is 4. The second kappa shape index (κ2) is 5.49. The first-order valence-electron chi connectivity index (χ1n) is 5.33. The van der Waals surface area contributed by atoms with Gasteiger partial charge in [-0.1, -0.05) is 6.42 Å². The minimum Gasteiger partial charge on any atom is -0.481 e. The topological polar surface area (TPSA) is 104 Å². The third-order valence-corrected chi connectivity index (χ3v) is 3.29. The molecule has 1 rings (SSSR count). The fraction of sp³-hybridized carbons (Fsp3) is 0.889. The van der Waals surface area contributed by atoms with Crippen LogP contribution in [0, 0.1) is 17.8 Å². The summed E-state index contributed by atoms with van der Waals surface area (Å²) >= 11 is 0. The Morgan fingerprint density at radius 3 is 2.40 bits per heavy atom. The summed E-state index contributed by atoms with van der Waals surface area (Å²) in [6.45, 7) is 0.482. The van der Waals surface area contributed by atoms with Crippen LogP contribution >= 0.6 is 0 Å². The predicted octanol–water partition coefficient (Wildman–Crippen LogP) is -0.465. The van der Waals surface area contributed by atoms with Gasteiger partial charge in [0.1, 0.15) is 0 Å². The molecular formula is C9H18BNO4. The van der Waals surface area contributed by atoms with E-state index in [0.29, 0.717) is 32.1 Å². The molecule has 5 N–H and O–H groups in total. The van der Waals surface area contributed by atoms with Crippen LogP contribution in [0.25, 0.3) is 0 Å². The van der Waals surface area contributed by atoms with Gasteiger partial charge in [0.15, 0.2) is 0 Å². The summed E-state index contributed by atoms with van der Waals surface area (Å²) in [6.07, 6.45) is 2.18. The van der Waals surface area contributed by atoms with Gasteiger partial charge < -0.3 is 20.9 Å². The van der Waals surface area contributed by atoms with E-state index >= 15 is 0 Å². The normalized spacial score (nSPS) is 30.5. The molecule has 1 fully saturated rings. The number of rotatable bonds is 5. The maximum atomic E-state index is 10.8. The third kappa shape index (κ3) is 3.48. The van der Waals surface area contributed by atoms with Gasteiger partial charge in [-0.3, -0.25) is 4.79 Å². The van der Waals surface area contributed by atoms with Crippen molar-refractivity contribution >= 4 is 13.1 Å². The van der Waals surface area contributed by atoms with Crippen LogP contribution in [0.15, 0.2) is 0 Å². The smallest absolute Gasteiger partial charge is 0.451 e. The van der Waals surface area contributed by atoms with E-state index in [1.165, 1.54) is 0 Å². The molecule has 0 aromatic carbocycles. The van der Waals surface area contributed by atoms with Crippen molar-refractivity contribution in [1.82, 2.24) is 0 Å². The lowest BCUT2D eigenvalue weighted by molar-refractivity contribution is -0.141. The fourth-order valence-electron chi connectivity index (χ4n) is 2.42. The van der Waals surface area contributed by atoms with Gasteiger partial charge >= 0.3 is 13.1 Å². The molecule has 1 aliphatic carbocycles. The summed E-state index contributed by atoms with van der Waals surface area (Å²) in [5, 5.41) is 26.4. The molecule has 1 aliphatic rings. The van der Waals surface area contributed by atoms with Crippen molar-refractivity contribution in [1.29, 1.82) is 0 Å². The molecule has 6 heteroatoms. The van der Waals surface area contributed by atoms with E-state index in [1.807, 2.05) is 0 Å². The number of nitrogens with two attached hydrogens (primary N) is 1. The lowest BCUT2D eigenvalue weighted by atomic mass is 9.78. The van der Waals surface area contributed by atoms with E-state index in [4.69, 9.17) is 20.9 Å². The number of carboxylic acid groups (broad SMARTS) is 1. The highest BCUT2D eigenvalue weighted by atomic mass is 16.4. The number of carbonyl (C=O) groups is 1. The van der Waals surface area contributed by atoms with Crippen LogP contribution in [0.2, 0.25) is 6.32 Å². The Kier molecular flexibility index (Phi) is 4.57. The van der Waals surface area contributed by atoms with E-state index in [0.717, 1.165) is 0 Å². The van der Waals surface area contributed by atoms with Crippen molar-refractivity contribution in [2.24, 2.45) is 23.5 Å². The van der Waals surface area contributed by atoms with Crippen molar-refractivity contribution in [2.75, 3.05) is 6.54 Å². The Morgan fingerprint density at radius 1 is 1.33 bits per heavy atom. The Labute approximate surface area is 89.4 Å². The predicted molar refractivity (Wildman–Crippen MR) is 56.0 cm³/mol. The van der Waals surface area contributed by atoms with Crippen LogP contribution in [-0.2, 0) is 4.79 Å². The van der Waals surface area contributed by atoms with E-state index in [1.54, 1.807) is 0 Å². The van der Waals surface area contributed by atoms with Gasteiger partial charge in [0.25, 0.3) is 0 Å². The lowest BCUT2D eigenvalue weighted by Crippen LogP contribution is -2.20. The maximum absolute atomic E-state index is 10.8. The quantitative estimate of drug-likeness (QED) is 0.464. The average molecular weight is 215 g/mol. The summed E-state index contributed by atoms with van der Waals surface area (Å²) in [7, 11) is -1.30. The maximum Gasteiger partial charge on any atom is 0.451 e. The zero-order valence-corrected chi connectivity index (χ0v) is 8.67. The van der Waals surface area contributed by atoms with Crippen LogP contribution in [0.3, 0.4) is 0 Å². The molecule has 3 atom stereocenters. The van der Waals surface area contributed by atoms with Gasteiger partial charge in [-0.25, -0.2) is 0 Å². The van der Waals surface area contributed by atoms with E-state index in [2.05, 4.69) is 0 Å². The molecule has 86 valence electrons. The van der Waals surface area contributed by atoms with Gasteiger partial charge in [-0.05, 0) is 37.5 Å². The Morgan fingerprint density at radius 2 is 1.93 bits per heavy atom. The second-order valence-corrected chi connectivity index (χ2v) is 4.32. The summed E-state index contributed by atoms with van der Waals surface area (Å²) in [5.74, 6) is -0.636. The SMILES string of the molecule is NCC1CC(C(=O)O)C[C@@H]1CCB(O)O. The molecule has 0 saturated heterocycles. The lowest BCUT2D eigenvalue weighted by Gasteiger charge is -2.16. The number of carboxylic acids is 1. The molecule has 0 heterocycles. The molecule has 0 spiro atoms. The molecule has 5 nitrogen and oxygen atoms in total. The van der Waals surface area contributed by atoms with Crippen LogP contribution in [0.1, 0.15) is 19.3 Å². The molecule has 0 aromatic heterocycles. The Hall–Kier alpha value is -0.585. The summed E-state index contributed by atoms with van der Waals surface area (Å²) < 4.78 is 0. The molecule has 2 unspecified atom stereocenters. The van der Waals surface area contributed by atoms with Gasteiger partial charge in [-0.15, -0.1) is 0 Å². The van der Waals surface area contributed by atoms with Crippen LogP contribution in [-0.4, -0.2) is 34.8 Å². The highest BCUT2D eigenvalue weighted by Gasteiger charge is 2.37. The van der Waals surface area contributed by atoms with Gasteiger partial charge in [0.05, 0.1) is 5.92 Å². The second-order valence-electron chi connectivity index (χ2n) is 4.32. The first-order valence-corrected chi connectivity index (χ1v) is 5.33. The van der Waals surface area contributed by atoms with Crippen LogP contribution < -0.4 is 5.73 Å². The van der Waals surface area contributed by atoms with Crippen LogP contribution in [0.4, 0.5) is 0 Å². The zero-order chi connectivity index (χ0) is 11.4. The molecule has 0 aromatic rings. The summed E-state index contributed by atoms with van der Waals surface area (Å²) in [4.78, 5) is 10.8. The van der Waals surface area contributed by atoms with Crippen molar-refractivity contribution in [3.05, 3.63) is 0 Å². The highest BCUT2D eigenvalue weighted by molar-refractivity contribution is 6.40. The molecule has 0 amide bonds. The summed E-state index contributed by atoms with van der Waals surface area (Å²) in [6, 6.07) is 0. The van der Waals surface area contributed by atoms with Gasteiger partial charge in [0, 0.05) is 0 Å². The molecule has 1 saturated carbocycles. The standard InChI is InChI=1S/C9H18BNO4/c11-5-8-4-7(9(12)13)3-6(8)1-2-10(14)15/h6-8,14-15H,1-5,11H2,(H,12,13)/t6-,7?,8?/m0/s1. The zero-order valence-electron chi connectivity index (χ0n) is 8.67. The number of hydrogen-bond donors (Lipinski definition) is 4. The molecule has 0 aliphatic heterocycles. The molecule has 0 bridgehead atoms. The van der Waals surface area contributed by atoms with Crippen molar-refractivity contribution in [2.45, 2.75) is 25.6 Å². The monoisotopic (exact) mass is 215 g/mol. The van der Waals surface area contributed by atoms with Crippen molar-refractivity contribution < 1.29 is 19.9 Å². The van der Waals surface area contributed by atoms with Crippen molar-refractivity contribution in [3.63, 3.8) is 0 Å². The van der Waals surface area contributed by atoms with Gasteiger partial charge in [0.2, 0.25) is 0 Å². The Bertz CT molecular complexity index is 224. The minimum atomic E-state index is -1.30.